The van der Waals surface area contributed by atoms with Crippen LogP contribution in [0.4, 0.5) is 4.39 Å². The van der Waals surface area contributed by atoms with E-state index in [-0.39, 0.29) is 29.9 Å². The first-order valence-corrected chi connectivity index (χ1v) is 11.5. The van der Waals surface area contributed by atoms with E-state index in [0.29, 0.717) is 24.9 Å². The number of piperazine rings is 1. The number of benzene rings is 1. The SMILES string of the molecule is C[C@H]1C[C@H](C)CN(C(=O)[C@@H](C)[NH+]2CCN(S(=O)(=O)c3ccccc3F)CC2)C1. The Morgan fingerprint density at radius 2 is 1.71 bits per heavy atom. The van der Waals surface area contributed by atoms with Crippen molar-refractivity contribution in [2.24, 2.45) is 11.8 Å². The fourth-order valence-corrected chi connectivity index (χ4v) is 6.04. The third kappa shape index (κ3) is 4.39. The van der Waals surface area contributed by atoms with Gasteiger partial charge in [-0.15, -0.1) is 0 Å². The highest BCUT2D eigenvalue weighted by Gasteiger charge is 2.37. The van der Waals surface area contributed by atoms with E-state index < -0.39 is 15.8 Å². The number of amides is 1. The number of nitrogens with one attached hydrogen (secondary N) is 1. The van der Waals surface area contributed by atoms with Crippen LogP contribution in [0, 0.1) is 17.7 Å². The number of hydrogen-bond acceptors (Lipinski definition) is 3. The molecule has 0 aromatic heterocycles. The van der Waals surface area contributed by atoms with Crippen LogP contribution in [-0.2, 0) is 14.8 Å². The first kappa shape index (κ1) is 21.2. The van der Waals surface area contributed by atoms with E-state index in [9.17, 15) is 17.6 Å². The molecule has 0 saturated carbocycles. The van der Waals surface area contributed by atoms with E-state index in [2.05, 4.69) is 13.8 Å². The Labute approximate surface area is 167 Å². The van der Waals surface area contributed by atoms with E-state index in [0.717, 1.165) is 30.5 Å². The van der Waals surface area contributed by atoms with Gasteiger partial charge in [0.25, 0.3) is 5.91 Å². The van der Waals surface area contributed by atoms with Gasteiger partial charge in [-0.1, -0.05) is 26.0 Å². The molecule has 1 aromatic carbocycles. The topological polar surface area (TPSA) is 62.1 Å². The minimum Gasteiger partial charge on any atom is -0.337 e. The molecule has 0 spiro atoms. The zero-order valence-corrected chi connectivity index (χ0v) is 17.7. The number of piperidine rings is 1. The largest absolute Gasteiger partial charge is 0.337 e. The molecule has 2 saturated heterocycles. The molecule has 8 heteroatoms. The van der Waals surface area contributed by atoms with Crippen LogP contribution in [0.1, 0.15) is 27.2 Å². The summed E-state index contributed by atoms with van der Waals surface area (Å²) in [7, 11) is -3.85. The maximum absolute atomic E-state index is 14.0. The van der Waals surface area contributed by atoms with Crippen molar-refractivity contribution in [2.45, 2.75) is 38.1 Å². The highest BCUT2D eigenvalue weighted by Crippen LogP contribution is 2.21. The lowest BCUT2D eigenvalue weighted by atomic mass is 9.91. The van der Waals surface area contributed by atoms with E-state index in [1.807, 2.05) is 11.8 Å². The molecule has 156 valence electrons. The number of hydrogen-bond donors (Lipinski definition) is 1. The van der Waals surface area contributed by atoms with Gasteiger partial charge >= 0.3 is 0 Å². The molecular weight excluding hydrogens is 381 g/mol. The second-order valence-corrected chi connectivity index (χ2v) is 10.3. The van der Waals surface area contributed by atoms with Gasteiger partial charge in [0, 0.05) is 13.1 Å². The minimum absolute atomic E-state index is 0.152. The van der Waals surface area contributed by atoms with Gasteiger partial charge in [0.15, 0.2) is 6.04 Å². The molecule has 2 aliphatic rings. The summed E-state index contributed by atoms with van der Waals surface area (Å²) in [5, 5.41) is 0. The van der Waals surface area contributed by atoms with Crippen molar-refractivity contribution in [3.05, 3.63) is 30.1 Å². The molecule has 1 aromatic rings. The van der Waals surface area contributed by atoms with Crippen LogP contribution in [0.2, 0.25) is 0 Å². The van der Waals surface area contributed by atoms with Crippen molar-refractivity contribution in [2.75, 3.05) is 39.3 Å². The van der Waals surface area contributed by atoms with Crippen molar-refractivity contribution >= 4 is 15.9 Å². The number of sulfonamides is 1. The molecule has 2 aliphatic heterocycles. The summed E-state index contributed by atoms with van der Waals surface area (Å²) in [5.41, 5.74) is 0. The minimum atomic E-state index is -3.85. The maximum Gasteiger partial charge on any atom is 0.280 e. The number of nitrogens with zero attached hydrogens (tertiary/aromatic N) is 2. The summed E-state index contributed by atoms with van der Waals surface area (Å²) in [6, 6.07) is 5.27. The van der Waals surface area contributed by atoms with Gasteiger partial charge in [-0.2, -0.15) is 4.31 Å². The van der Waals surface area contributed by atoms with E-state index in [4.69, 9.17) is 0 Å². The van der Waals surface area contributed by atoms with Gasteiger partial charge < -0.3 is 9.80 Å². The first-order chi connectivity index (χ1) is 13.2. The number of carbonyl (C=O) groups is 1. The third-order valence-corrected chi connectivity index (χ3v) is 7.91. The normalized spacial score (nSPS) is 26.2. The highest BCUT2D eigenvalue weighted by atomic mass is 32.2. The lowest BCUT2D eigenvalue weighted by Gasteiger charge is -2.39. The Bertz CT molecular complexity index is 799. The van der Waals surface area contributed by atoms with Gasteiger partial charge in [-0.25, -0.2) is 12.8 Å². The molecule has 0 unspecified atom stereocenters. The Hall–Kier alpha value is -1.51. The number of rotatable bonds is 4. The molecule has 1 amide bonds. The summed E-state index contributed by atoms with van der Waals surface area (Å²) in [5.74, 6) is 0.447. The average molecular weight is 413 g/mol. The summed E-state index contributed by atoms with van der Waals surface area (Å²) >= 11 is 0. The fourth-order valence-electron chi connectivity index (χ4n) is 4.53. The molecule has 0 aliphatic carbocycles. The number of likely N-dealkylation sites (tertiary alicyclic amines) is 1. The maximum atomic E-state index is 14.0. The van der Waals surface area contributed by atoms with Gasteiger partial charge in [0.1, 0.15) is 10.7 Å². The summed E-state index contributed by atoms with van der Waals surface area (Å²) in [6.07, 6.45) is 1.15. The smallest absolute Gasteiger partial charge is 0.280 e. The van der Waals surface area contributed by atoms with Gasteiger partial charge in [0.2, 0.25) is 10.0 Å². The summed E-state index contributed by atoms with van der Waals surface area (Å²) in [4.78, 5) is 15.7. The molecule has 1 N–H and O–H groups in total. The van der Waals surface area contributed by atoms with Crippen LogP contribution in [0.3, 0.4) is 0 Å². The molecular formula is C20H31FN3O3S+. The van der Waals surface area contributed by atoms with Crippen molar-refractivity contribution in [3.63, 3.8) is 0 Å². The zero-order chi connectivity index (χ0) is 20.5. The van der Waals surface area contributed by atoms with Crippen molar-refractivity contribution in [1.82, 2.24) is 9.21 Å². The lowest BCUT2D eigenvalue weighted by molar-refractivity contribution is -0.918. The molecule has 2 heterocycles. The van der Waals surface area contributed by atoms with E-state index >= 15 is 0 Å². The molecule has 6 nitrogen and oxygen atoms in total. The molecule has 2 fully saturated rings. The Kier molecular flexibility index (Phi) is 6.41. The molecule has 3 rings (SSSR count). The molecule has 3 atom stereocenters. The van der Waals surface area contributed by atoms with Crippen molar-refractivity contribution in [3.8, 4) is 0 Å². The monoisotopic (exact) mass is 412 g/mol. The highest BCUT2D eigenvalue weighted by molar-refractivity contribution is 7.89. The Morgan fingerprint density at radius 3 is 2.29 bits per heavy atom. The van der Waals surface area contributed by atoms with Gasteiger partial charge in [-0.3, -0.25) is 4.79 Å². The second kappa shape index (κ2) is 8.47. The van der Waals surface area contributed by atoms with Crippen LogP contribution in [-0.4, -0.2) is 68.8 Å². The van der Waals surface area contributed by atoms with Gasteiger partial charge in [-0.05, 0) is 37.3 Å². The standard InChI is InChI=1S/C20H30FN3O3S/c1-15-12-16(2)14-23(13-15)20(25)17(3)22-8-10-24(11-9-22)28(26,27)19-7-5-4-6-18(19)21/h4-7,15-17H,8-14H2,1-3H3/p+1/t15-,16-,17+/m0/s1. The van der Waals surface area contributed by atoms with Gasteiger partial charge in [0.05, 0.1) is 26.2 Å². The molecule has 0 radical (unpaired) electrons. The zero-order valence-electron chi connectivity index (χ0n) is 16.9. The number of quaternary nitrogens is 1. The van der Waals surface area contributed by atoms with Crippen LogP contribution < -0.4 is 4.90 Å². The van der Waals surface area contributed by atoms with Crippen molar-refractivity contribution < 1.29 is 22.5 Å². The predicted molar refractivity (Wildman–Crippen MR) is 105 cm³/mol. The average Bonchev–Trinajstić information content (AvgIpc) is 2.66. The third-order valence-electron chi connectivity index (χ3n) is 5.98. The number of halogens is 1. The van der Waals surface area contributed by atoms with Crippen LogP contribution >= 0.6 is 0 Å². The molecule has 28 heavy (non-hydrogen) atoms. The summed E-state index contributed by atoms with van der Waals surface area (Å²) in [6.45, 7) is 9.55. The quantitative estimate of drug-likeness (QED) is 0.788. The number of carbonyl (C=O) groups excluding carboxylic acids is 1. The van der Waals surface area contributed by atoms with Crippen LogP contribution in [0.15, 0.2) is 29.2 Å². The van der Waals surface area contributed by atoms with Crippen molar-refractivity contribution in [1.29, 1.82) is 0 Å². The first-order valence-electron chi connectivity index (χ1n) is 10.1. The predicted octanol–water partition coefficient (Wildman–Crippen LogP) is 0.608. The fraction of sp³-hybridized carbons (Fsp3) is 0.650. The van der Waals surface area contributed by atoms with Crippen LogP contribution in [0.25, 0.3) is 0 Å². The summed E-state index contributed by atoms with van der Waals surface area (Å²) < 4.78 is 40.8. The second-order valence-electron chi connectivity index (χ2n) is 8.40. The van der Waals surface area contributed by atoms with E-state index in [1.54, 1.807) is 0 Å². The lowest BCUT2D eigenvalue weighted by Crippen LogP contribution is -3.19. The molecule has 0 bridgehead atoms. The van der Waals surface area contributed by atoms with Crippen LogP contribution in [0.5, 0.6) is 0 Å². The Morgan fingerprint density at radius 1 is 1.14 bits per heavy atom. The van der Waals surface area contributed by atoms with E-state index in [1.165, 1.54) is 22.5 Å². The Balaban J connectivity index is 1.62.